The van der Waals surface area contributed by atoms with E-state index < -0.39 is 4.92 Å². The van der Waals surface area contributed by atoms with Crippen molar-refractivity contribution in [3.63, 3.8) is 0 Å². The summed E-state index contributed by atoms with van der Waals surface area (Å²) in [5.41, 5.74) is 0.00723. The number of hydrogen-bond acceptors (Lipinski definition) is 5. The first-order valence-electron chi connectivity index (χ1n) is 8.76. The monoisotopic (exact) mass is 332 g/mol. The van der Waals surface area contributed by atoms with E-state index >= 15 is 0 Å². The van der Waals surface area contributed by atoms with Crippen molar-refractivity contribution >= 4 is 17.4 Å². The summed E-state index contributed by atoms with van der Waals surface area (Å²) < 4.78 is 0. The summed E-state index contributed by atoms with van der Waals surface area (Å²) in [4.78, 5) is 28.6. The molecule has 0 radical (unpaired) electrons. The van der Waals surface area contributed by atoms with Gasteiger partial charge in [0.15, 0.2) is 0 Å². The molecule has 1 N–H and O–H groups in total. The van der Waals surface area contributed by atoms with E-state index in [1.807, 2.05) is 0 Å². The van der Waals surface area contributed by atoms with Gasteiger partial charge in [-0.3, -0.25) is 14.9 Å². The lowest BCUT2D eigenvalue weighted by Gasteiger charge is -2.33. The molecule has 7 nitrogen and oxygen atoms in total. The van der Waals surface area contributed by atoms with Crippen molar-refractivity contribution in [1.82, 2.24) is 10.3 Å². The van der Waals surface area contributed by atoms with Crippen molar-refractivity contribution in [2.75, 3.05) is 18.0 Å². The normalized spacial score (nSPS) is 19.4. The quantitative estimate of drug-likeness (QED) is 0.661. The molecule has 7 heteroatoms. The number of piperidine rings is 1. The van der Waals surface area contributed by atoms with Gasteiger partial charge < -0.3 is 10.2 Å². The first-order chi connectivity index (χ1) is 11.6. The van der Waals surface area contributed by atoms with Crippen LogP contribution in [0, 0.1) is 16.0 Å². The maximum absolute atomic E-state index is 12.1. The van der Waals surface area contributed by atoms with Gasteiger partial charge in [0.05, 0.1) is 4.92 Å². The van der Waals surface area contributed by atoms with E-state index in [4.69, 9.17) is 0 Å². The first-order valence-corrected chi connectivity index (χ1v) is 8.76. The highest BCUT2D eigenvalue weighted by Gasteiger charge is 2.24. The number of pyridine rings is 1. The summed E-state index contributed by atoms with van der Waals surface area (Å²) in [5.74, 6) is 1.53. The Labute approximate surface area is 141 Å². The molecule has 2 fully saturated rings. The molecule has 0 atom stereocenters. The number of carbonyl (C=O) groups excluding carboxylic acids is 1. The highest BCUT2D eigenvalue weighted by molar-refractivity contribution is 5.76. The maximum atomic E-state index is 12.1. The fraction of sp³-hybridized carbons (Fsp3) is 0.647. The zero-order valence-corrected chi connectivity index (χ0v) is 13.8. The number of nitrogens with zero attached hydrogens (tertiary/aromatic N) is 3. The minimum atomic E-state index is -0.442. The van der Waals surface area contributed by atoms with Gasteiger partial charge in [0, 0.05) is 31.6 Å². The third kappa shape index (κ3) is 4.21. The molecule has 1 saturated carbocycles. The summed E-state index contributed by atoms with van der Waals surface area (Å²) in [7, 11) is 0. The average Bonchev–Trinajstić information content (AvgIpc) is 3.08. The zero-order valence-electron chi connectivity index (χ0n) is 13.8. The van der Waals surface area contributed by atoms with Gasteiger partial charge in [-0.15, -0.1) is 0 Å². The molecule has 1 saturated heterocycles. The van der Waals surface area contributed by atoms with Crippen LogP contribution >= 0.6 is 0 Å². The minimum Gasteiger partial charge on any atom is -0.356 e. The number of nitrogens with one attached hydrogen (secondary N) is 1. The molecule has 1 amide bonds. The van der Waals surface area contributed by atoms with Crippen molar-refractivity contribution in [3.8, 4) is 0 Å². The molecule has 0 aromatic carbocycles. The van der Waals surface area contributed by atoms with Crippen LogP contribution in [0.15, 0.2) is 18.3 Å². The number of nitro groups is 1. The Hall–Kier alpha value is -2.18. The lowest BCUT2D eigenvalue weighted by Crippen LogP contribution is -2.45. The smallest absolute Gasteiger partial charge is 0.287 e. The van der Waals surface area contributed by atoms with Gasteiger partial charge >= 0.3 is 0 Å². The number of carbonyl (C=O) groups is 1. The Morgan fingerprint density at radius 2 is 1.96 bits per heavy atom. The van der Waals surface area contributed by atoms with E-state index in [1.165, 1.54) is 37.9 Å². The molecule has 24 heavy (non-hydrogen) atoms. The molecule has 1 aromatic heterocycles. The highest BCUT2D eigenvalue weighted by atomic mass is 16.6. The third-order valence-corrected chi connectivity index (χ3v) is 5.08. The largest absolute Gasteiger partial charge is 0.356 e. The molecule has 1 aromatic rings. The molecule has 1 aliphatic heterocycles. The standard InChI is InChI=1S/C17H24N4O3/c22-17(11-13-3-1-2-4-13)19-14-7-9-20(10-8-14)16-6-5-15(12-18-16)21(23)24/h5-6,12-14H,1-4,7-11H2,(H,19,22). The molecule has 3 rings (SSSR count). The second-order valence-electron chi connectivity index (χ2n) is 6.82. The maximum Gasteiger partial charge on any atom is 0.287 e. The van der Waals surface area contributed by atoms with E-state index in [2.05, 4.69) is 15.2 Å². The molecule has 130 valence electrons. The van der Waals surface area contributed by atoms with Crippen LogP contribution < -0.4 is 10.2 Å². The average molecular weight is 332 g/mol. The summed E-state index contributed by atoms with van der Waals surface area (Å²) in [5, 5.41) is 13.8. The second kappa shape index (κ2) is 7.59. The van der Waals surface area contributed by atoms with Crippen molar-refractivity contribution < 1.29 is 9.72 Å². The Balaban J connectivity index is 1.45. The van der Waals surface area contributed by atoms with Gasteiger partial charge in [0.1, 0.15) is 12.0 Å². The van der Waals surface area contributed by atoms with Crippen LogP contribution in [0.25, 0.3) is 0 Å². The van der Waals surface area contributed by atoms with Crippen LogP contribution in [-0.2, 0) is 4.79 Å². The Morgan fingerprint density at radius 3 is 2.54 bits per heavy atom. The predicted octanol–water partition coefficient (Wildman–Crippen LogP) is 2.66. The fourth-order valence-corrected chi connectivity index (χ4v) is 3.69. The number of aromatic nitrogens is 1. The first kappa shape index (κ1) is 16.7. The van der Waals surface area contributed by atoms with Gasteiger partial charge in [0.25, 0.3) is 5.69 Å². The van der Waals surface area contributed by atoms with E-state index in [-0.39, 0.29) is 17.6 Å². The van der Waals surface area contributed by atoms with Crippen LogP contribution in [0.3, 0.4) is 0 Å². The van der Waals surface area contributed by atoms with E-state index in [9.17, 15) is 14.9 Å². The van der Waals surface area contributed by atoms with Crippen LogP contribution in [0.1, 0.15) is 44.9 Å². The molecule has 0 spiro atoms. The highest BCUT2D eigenvalue weighted by Crippen LogP contribution is 2.27. The van der Waals surface area contributed by atoms with Crippen molar-refractivity contribution in [2.45, 2.75) is 51.0 Å². The van der Waals surface area contributed by atoms with Crippen molar-refractivity contribution in [3.05, 3.63) is 28.4 Å². The van der Waals surface area contributed by atoms with E-state index in [1.54, 1.807) is 6.07 Å². The topological polar surface area (TPSA) is 88.4 Å². The Bertz CT molecular complexity index is 576. The lowest BCUT2D eigenvalue weighted by molar-refractivity contribution is -0.385. The molecule has 1 aliphatic carbocycles. The van der Waals surface area contributed by atoms with E-state index in [0.29, 0.717) is 12.3 Å². The SMILES string of the molecule is O=C(CC1CCCC1)NC1CCN(c2ccc([N+](=O)[O-])cn2)CC1. The molecule has 2 aliphatic rings. The van der Waals surface area contributed by atoms with Gasteiger partial charge in [-0.2, -0.15) is 0 Å². The summed E-state index contributed by atoms with van der Waals surface area (Å²) in [6.45, 7) is 1.61. The van der Waals surface area contributed by atoms with Gasteiger partial charge in [-0.05, 0) is 37.7 Å². The predicted molar refractivity (Wildman–Crippen MR) is 90.8 cm³/mol. The Morgan fingerprint density at radius 1 is 1.25 bits per heavy atom. The molecular weight excluding hydrogens is 308 g/mol. The molecule has 0 unspecified atom stereocenters. The number of amides is 1. The minimum absolute atomic E-state index is 0.00723. The molecule has 2 heterocycles. The number of anilines is 1. The van der Waals surface area contributed by atoms with Crippen LogP contribution in [-0.4, -0.2) is 34.9 Å². The van der Waals surface area contributed by atoms with Crippen LogP contribution in [0.5, 0.6) is 0 Å². The van der Waals surface area contributed by atoms with Gasteiger partial charge in [-0.25, -0.2) is 4.98 Å². The fourth-order valence-electron chi connectivity index (χ4n) is 3.69. The second-order valence-corrected chi connectivity index (χ2v) is 6.82. The molecular formula is C17H24N4O3. The lowest BCUT2D eigenvalue weighted by atomic mass is 10.0. The van der Waals surface area contributed by atoms with Crippen molar-refractivity contribution in [1.29, 1.82) is 0 Å². The van der Waals surface area contributed by atoms with Gasteiger partial charge in [0.2, 0.25) is 5.91 Å². The number of hydrogen-bond donors (Lipinski definition) is 1. The number of rotatable bonds is 5. The molecule has 0 bridgehead atoms. The third-order valence-electron chi connectivity index (χ3n) is 5.08. The summed E-state index contributed by atoms with van der Waals surface area (Å²) in [6, 6.07) is 3.41. The van der Waals surface area contributed by atoms with Crippen molar-refractivity contribution in [2.24, 2.45) is 5.92 Å². The van der Waals surface area contributed by atoms with Gasteiger partial charge in [-0.1, -0.05) is 12.8 Å². The Kier molecular flexibility index (Phi) is 5.27. The van der Waals surface area contributed by atoms with Crippen LogP contribution in [0.2, 0.25) is 0 Å². The zero-order chi connectivity index (χ0) is 16.9. The van der Waals surface area contributed by atoms with Crippen LogP contribution in [0.4, 0.5) is 11.5 Å². The van der Waals surface area contributed by atoms with E-state index in [0.717, 1.165) is 31.7 Å². The summed E-state index contributed by atoms with van der Waals surface area (Å²) in [6.07, 6.45) is 8.64. The summed E-state index contributed by atoms with van der Waals surface area (Å²) >= 11 is 0.